The van der Waals surface area contributed by atoms with Gasteiger partial charge >= 0.3 is 5.97 Å². The first-order valence-corrected chi connectivity index (χ1v) is 11.2. The van der Waals surface area contributed by atoms with Gasteiger partial charge in [-0.1, -0.05) is 26.0 Å². The summed E-state index contributed by atoms with van der Waals surface area (Å²) in [4.78, 5) is 11.5. The molecule has 0 amide bonds. The number of hydrogen-bond acceptors (Lipinski definition) is 3. The highest BCUT2D eigenvalue weighted by Crippen LogP contribution is 2.67. The van der Waals surface area contributed by atoms with Gasteiger partial charge in [0.15, 0.2) is 0 Å². The first-order valence-electron chi connectivity index (χ1n) is 11.2. The lowest BCUT2D eigenvalue weighted by Gasteiger charge is -2.59. The van der Waals surface area contributed by atoms with Gasteiger partial charge in [0, 0.05) is 12.1 Å². The smallest absolute Gasteiger partial charge is 0.305 e. The van der Waals surface area contributed by atoms with Crippen LogP contribution in [0.3, 0.4) is 0 Å². The van der Waals surface area contributed by atoms with Gasteiger partial charge in [-0.05, 0) is 97.4 Å². The van der Waals surface area contributed by atoms with Crippen molar-refractivity contribution in [2.24, 2.45) is 52.1 Å². The maximum atomic E-state index is 11.5. The van der Waals surface area contributed by atoms with E-state index < -0.39 is 0 Å². The van der Waals surface area contributed by atoms with Crippen LogP contribution in [0.1, 0.15) is 65.2 Å². The largest absolute Gasteiger partial charge is 0.465 e. The Hall–Kier alpha value is -1.25. The minimum absolute atomic E-state index is 0.0114. The quantitative estimate of drug-likeness (QED) is 0.674. The molecule has 0 aromatic rings. The van der Waals surface area contributed by atoms with Crippen LogP contribution >= 0.6 is 0 Å². The molecule has 5 rings (SSSR count). The first-order chi connectivity index (χ1) is 12.9. The van der Waals surface area contributed by atoms with Crippen LogP contribution in [0, 0.1) is 46.3 Å². The zero-order chi connectivity index (χ0) is 18.8. The molecule has 148 valence electrons. The van der Waals surface area contributed by atoms with E-state index >= 15 is 0 Å². The van der Waals surface area contributed by atoms with Gasteiger partial charge in [-0.25, -0.2) is 0 Å². The highest BCUT2D eigenvalue weighted by molar-refractivity contribution is 5.70. The summed E-state index contributed by atoms with van der Waals surface area (Å²) in [6.45, 7) is 5.77. The molecule has 2 N–H and O–H groups in total. The highest BCUT2D eigenvalue weighted by atomic mass is 16.5. The summed E-state index contributed by atoms with van der Waals surface area (Å²) < 4.78 is 5.46. The standard InChI is InChI=1S/C24H35NO2/c1-23-11-9-17(25)13-16(23)4-5-18-20-7-6-19(15-3-8-22(26)27-14-15)24(20,2)12-10-21(18)23/h9,11,13,15-16,18-21H,3-8,10,12,14,25H2,1-2H3/t15-,16?,18-,19+,20+,21-,23-,24+/m0/s1. The van der Waals surface area contributed by atoms with Crippen molar-refractivity contribution in [3.8, 4) is 0 Å². The summed E-state index contributed by atoms with van der Waals surface area (Å²) >= 11 is 0. The molecule has 0 radical (unpaired) electrons. The molecule has 1 heterocycles. The van der Waals surface area contributed by atoms with Crippen molar-refractivity contribution in [3.63, 3.8) is 0 Å². The zero-order valence-corrected chi connectivity index (χ0v) is 17.0. The minimum atomic E-state index is 0.0114. The van der Waals surface area contributed by atoms with Crippen molar-refractivity contribution in [2.75, 3.05) is 6.61 Å². The summed E-state index contributed by atoms with van der Waals surface area (Å²) in [5, 5.41) is 0. The molecule has 3 heteroatoms. The number of rotatable bonds is 1. The summed E-state index contributed by atoms with van der Waals surface area (Å²) in [5.74, 6) is 4.50. The van der Waals surface area contributed by atoms with E-state index in [9.17, 15) is 4.79 Å². The third-order valence-corrected chi connectivity index (χ3v) is 9.69. The summed E-state index contributed by atoms with van der Waals surface area (Å²) in [6.07, 6.45) is 16.7. The molecule has 4 fully saturated rings. The molecule has 0 spiro atoms. The molecule has 3 saturated carbocycles. The number of carbonyl (C=O) groups excluding carboxylic acids is 1. The van der Waals surface area contributed by atoms with Crippen molar-refractivity contribution in [3.05, 3.63) is 23.9 Å². The normalized spacial score (nSPS) is 51.6. The molecule has 8 atom stereocenters. The minimum Gasteiger partial charge on any atom is -0.465 e. The second-order valence-corrected chi connectivity index (χ2v) is 10.6. The highest BCUT2D eigenvalue weighted by Gasteiger charge is 2.60. The van der Waals surface area contributed by atoms with Gasteiger partial charge in [0.25, 0.3) is 0 Å². The van der Waals surface area contributed by atoms with Gasteiger partial charge < -0.3 is 10.5 Å². The third kappa shape index (κ3) is 2.56. The van der Waals surface area contributed by atoms with Crippen LogP contribution < -0.4 is 5.73 Å². The Morgan fingerprint density at radius 1 is 1.04 bits per heavy atom. The molecule has 5 aliphatic rings. The van der Waals surface area contributed by atoms with Gasteiger partial charge in [-0.2, -0.15) is 0 Å². The molecule has 0 aromatic carbocycles. The van der Waals surface area contributed by atoms with Gasteiger partial charge in [0.1, 0.15) is 0 Å². The summed E-state index contributed by atoms with van der Waals surface area (Å²) in [7, 11) is 0. The van der Waals surface area contributed by atoms with Crippen molar-refractivity contribution < 1.29 is 9.53 Å². The molecule has 1 unspecified atom stereocenters. The fourth-order valence-electron chi connectivity index (χ4n) is 8.29. The molecule has 3 nitrogen and oxygen atoms in total. The second-order valence-electron chi connectivity index (χ2n) is 10.6. The number of allylic oxidation sites excluding steroid dienone is 3. The van der Waals surface area contributed by atoms with E-state index in [-0.39, 0.29) is 5.97 Å². The number of hydrogen-bond donors (Lipinski definition) is 1. The second kappa shape index (κ2) is 6.12. The average Bonchev–Trinajstić information content (AvgIpc) is 3.00. The number of cyclic esters (lactones) is 1. The van der Waals surface area contributed by atoms with E-state index in [4.69, 9.17) is 10.5 Å². The van der Waals surface area contributed by atoms with Crippen LogP contribution in [-0.2, 0) is 9.53 Å². The van der Waals surface area contributed by atoms with E-state index in [1.165, 1.54) is 38.5 Å². The Labute approximate surface area is 163 Å². The lowest BCUT2D eigenvalue weighted by Crippen LogP contribution is -2.52. The van der Waals surface area contributed by atoms with Gasteiger partial charge in [0.05, 0.1) is 6.61 Å². The molecule has 1 aliphatic heterocycles. The SMILES string of the molecule is C[C@]12CC[C@H]3[C@@H](CCC4C=C(N)C=C[C@@]43C)[C@H]1CC[C@@H]2[C@H]1CCC(=O)OC1. The van der Waals surface area contributed by atoms with Crippen LogP contribution in [0.4, 0.5) is 0 Å². The molecule has 0 aromatic heterocycles. The van der Waals surface area contributed by atoms with E-state index in [0.29, 0.717) is 35.7 Å². The van der Waals surface area contributed by atoms with E-state index in [1.54, 1.807) is 0 Å². The zero-order valence-electron chi connectivity index (χ0n) is 17.0. The van der Waals surface area contributed by atoms with Crippen LogP contribution in [0.25, 0.3) is 0 Å². The average molecular weight is 370 g/mol. The van der Waals surface area contributed by atoms with Gasteiger partial charge in [0.2, 0.25) is 0 Å². The first kappa shape index (κ1) is 17.8. The number of carbonyl (C=O) groups is 1. The van der Waals surface area contributed by atoms with Crippen molar-refractivity contribution in [2.45, 2.75) is 65.2 Å². The van der Waals surface area contributed by atoms with Crippen LogP contribution in [0.15, 0.2) is 23.9 Å². The lowest BCUT2D eigenvalue weighted by atomic mass is 9.46. The van der Waals surface area contributed by atoms with E-state index in [1.807, 2.05) is 0 Å². The number of fused-ring (bicyclic) bond motifs is 5. The fourth-order valence-corrected chi connectivity index (χ4v) is 8.29. The molecule has 4 aliphatic carbocycles. The Bertz CT molecular complexity index is 686. The molecule has 0 bridgehead atoms. The van der Waals surface area contributed by atoms with Crippen LogP contribution in [-0.4, -0.2) is 12.6 Å². The summed E-state index contributed by atoms with van der Waals surface area (Å²) in [6, 6.07) is 0. The maximum Gasteiger partial charge on any atom is 0.305 e. The molecule has 27 heavy (non-hydrogen) atoms. The molecule has 1 saturated heterocycles. The van der Waals surface area contributed by atoms with Crippen LogP contribution in [0.5, 0.6) is 0 Å². The number of esters is 1. The molecular formula is C24H35NO2. The lowest BCUT2D eigenvalue weighted by molar-refractivity contribution is -0.153. The Morgan fingerprint density at radius 3 is 2.63 bits per heavy atom. The molecular weight excluding hydrogens is 334 g/mol. The van der Waals surface area contributed by atoms with Gasteiger partial charge in [-0.3, -0.25) is 4.79 Å². The maximum absolute atomic E-state index is 11.5. The van der Waals surface area contributed by atoms with Gasteiger partial charge in [-0.15, -0.1) is 0 Å². The number of nitrogens with two attached hydrogens (primary N) is 1. The van der Waals surface area contributed by atoms with Crippen molar-refractivity contribution in [1.82, 2.24) is 0 Å². The fraction of sp³-hybridized carbons (Fsp3) is 0.792. The predicted molar refractivity (Wildman–Crippen MR) is 106 cm³/mol. The predicted octanol–water partition coefficient (Wildman–Crippen LogP) is 4.83. The summed E-state index contributed by atoms with van der Waals surface area (Å²) in [5.41, 5.74) is 7.83. The van der Waals surface area contributed by atoms with E-state index in [2.05, 4.69) is 32.1 Å². The Kier molecular flexibility index (Phi) is 4.04. The van der Waals surface area contributed by atoms with Crippen molar-refractivity contribution in [1.29, 1.82) is 0 Å². The number of ether oxygens (including phenoxy) is 1. The third-order valence-electron chi connectivity index (χ3n) is 9.69. The van der Waals surface area contributed by atoms with Crippen LogP contribution in [0.2, 0.25) is 0 Å². The topological polar surface area (TPSA) is 52.3 Å². The van der Waals surface area contributed by atoms with Crippen molar-refractivity contribution >= 4 is 5.97 Å². The van der Waals surface area contributed by atoms with E-state index in [0.717, 1.165) is 35.8 Å². The monoisotopic (exact) mass is 369 g/mol. The Morgan fingerprint density at radius 2 is 1.85 bits per heavy atom. The Balaban J connectivity index is 1.39.